The normalized spacial score (nSPS) is 24.5. The number of hydrogen-bond acceptors (Lipinski definition) is 4. The van der Waals surface area contributed by atoms with Crippen LogP contribution in [0.1, 0.15) is 31.5 Å². The molecule has 19 heavy (non-hydrogen) atoms. The topological polar surface area (TPSA) is 66.0 Å². The molecule has 1 aliphatic rings. The molecule has 1 fully saturated rings. The number of nitrogens with zero attached hydrogens (tertiary/aromatic N) is 3. The number of rotatable bonds is 3. The smallest absolute Gasteiger partial charge is 0.0839 e. The lowest BCUT2D eigenvalue weighted by atomic mass is 10.1. The molecule has 5 heteroatoms. The van der Waals surface area contributed by atoms with Gasteiger partial charge >= 0.3 is 0 Å². The van der Waals surface area contributed by atoms with Crippen molar-refractivity contribution >= 4 is 0 Å². The summed E-state index contributed by atoms with van der Waals surface area (Å²) >= 11 is 0. The fourth-order valence-electron chi connectivity index (χ4n) is 2.53. The van der Waals surface area contributed by atoms with Crippen molar-refractivity contribution in [2.24, 2.45) is 5.73 Å². The lowest BCUT2D eigenvalue weighted by molar-refractivity contribution is 0.0389. The maximum Gasteiger partial charge on any atom is 0.0839 e. The van der Waals surface area contributed by atoms with Crippen LogP contribution >= 0.6 is 0 Å². The first kappa shape index (κ1) is 12.3. The van der Waals surface area contributed by atoms with Crippen molar-refractivity contribution < 1.29 is 4.74 Å². The molecule has 100 valence electrons. The van der Waals surface area contributed by atoms with E-state index >= 15 is 0 Å². The Labute approximate surface area is 112 Å². The van der Waals surface area contributed by atoms with Crippen molar-refractivity contribution in [2.75, 3.05) is 0 Å². The van der Waals surface area contributed by atoms with E-state index in [1.807, 2.05) is 30.3 Å². The summed E-state index contributed by atoms with van der Waals surface area (Å²) in [5, 5.41) is 8.12. The van der Waals surface area contributed by atoms with Gasteiger partial charge in [0.15, 0.2) is 0 Å². The number of ether oxygens (including phenoxy) is 1. The Hall–Kier alpha value is -1.72. The van der Waals surface area contributed by atoms with Crippen LogP contribution in [0, 0.1) is 0 Å². The first-order valence-corrected chi connectivity index (χ1v) is 6.63. The molecule has 3 atom stereocenters. The maximum absolute atomic E-state index is 6.32. The van der Waals surface area contributed by atoms with Gasteiger partial charge in [-0.3, -0.25) is 0 Å². The van der Waals surface area contributed by atoms with Crippen molar-refractivity contribution in [1.82, 2.24) is 15.0 Å². The van der Waals surface area contributed by atoms with Crippen LogP contribution in [0.25, 0.3) is 5.69 Å². The van der Waals surface area contributed by atoms with Crippen LogP contribution in [0.2, 0.25) is 0 Å². The Kier molecular flexibility index (Phi) is 3.31. The van der Waals surface area contributed by atoms with Crippen LogP contribution in [0.5, 0.6) is 0 Å². The number of aromatic nitrogens is 3. The number of para-hydroxylation sites is 1. The van der Waals surface area contributed by atoms with E-state index in [0.717, 1.165) is 24.2 Å². The summed E-state index contributed by atoms with van der Waals surface area (Å²) in [4.78, 5) is 0. The Morgan fingerprint density at radius 3 is 2.79 bits per heavy atom. The van der Waals surface area contributed by atoms with E-state index in [4.69, 9.17) is 10.5 Å². The van der Waals surface area contributed by atoms with Gasteiger partial charge in [-0.15, -0.1) is 5.10 Å². The molecule has 1 aromatic carbocycles. The van der Waals surface area contributed by atoms with Gasteiger partial charge in [0.1, 0.15) is 0 Å². The van der Waals surface area contributed by atoms with Crippen LogP contribution in [-0.2, 0) is 4.74 Å². The van der Waals surface area contributed by atoms with Gasteiger partial charge in [-0.05, 0) is 31.9 Å². The molecular formula is C14H18N4O. The van der Waals surface area contributed by atoms with Crippen LogP contribution in [0.15, 0.2) is 36.5 Å². The van der Waals surface area contributed by atoms with E-state index < -0.39 is 0 Å². The highest BCUT2D eigenvalue weighted by Gasteiger charge is 2.30. The minimum Gasteiger partial charge on any atom is -0.373 e. The molecule has 0 aliphatic carbocycles. The summed E-state index contributed by atoms with van der Waals surface area (Å²) in [5.41, 5.74) is 8.18. The van der Waals surface area contributed by atoms with Gasteiger partial charge in [0, 0.05) is 0 Å². The third-order valence-electron chi connectivity index (χ3n) is 3.58. The summed E-state index contributed by atoms with van der Waals surface area (Å²) in [6.45, 7) is 2.08. The third kappa shape index (κ3) is 2.39. The van der Waals surface area contributed by atoms with E-state index in [0.29, 0.717) is 0 Å². The minimum atomic E-state index is -0.194. The van der Waals surface area contributed by atoms with Crippen LogP contribution in [-0.4, -0.2) is 27.2 Å². The summed E-state index contributed by atoms with van der Waals surface area (Å²) in [6.07, 6.45) is 4.12. The monoisotopic (exact) mass is 258 g/mol. The molecule has 0 bridgehead atoms. The predicted molar refractivity (Wildman–Crippen MR) is 71.9 cm³/mol. The molecule has 1 aliphatic heterocycles. The van der Waals surface area contributed by atoms with Gasteiger partial charge in [0.25, 0.3) is 0 Å². The van der Waals surface area contributed by atoms with Gasteiger partial charge in [-0.2, -0.15) is 0 Å². The lowest BCUT2D eigenvalue weighted by Gasteiger charge is -2.19. The number of nitrogens with two attached hydrogens (primary N) is 1. The Morgan fingerprint density at radius 1 is 1.32 bits per heavy atom. The van der Waals surface area contributed by atoms with E-state index in [9.17, 15) is 0 Å². The molecule has 3 unspecified atom stereocenters. The molecule has 2 aromatic rings. The SMILES string of the molecule is CC1CCC(C(N)c2cnnn2-c2ccccc2)O1. The summed E-state index contributed by atoms with van der Waals surface area (Å²) in [6, 6.07) is 9.70. The molecule has 5 nitrogen and oxygen atoms in total. The fourth-order valence-corrected chi connectivity index (χ4v) is 2.53. The van der Waals surface area contributed by atoms with Gasteiger partial charge < -0.3 is 10.5 Å². The van der Waals surface area contributed by atoms with Crippen LogP contribution < -0.4 is 5.73 Å². The standard InChI is InChI=1S/C14H18N4O/c1-10-7-8-13(19-10)14(15)12-9-16-17-18(12)11-5-3-2-4-6-11/h2-6,9-10,13-14H,7-8,15H2,1H3. The van der Waals surface area contributed by atoms with Crippen molar-refractivity contribution in [3.05, 3.63) is 42.2 Å². The highest BCUT2D eigenvalue weighted by Crippen LogP contribution is 2.28. The fraction of sp³-hybridized carbons (Fsp3) is 0.429. The maximum atomic E-state index is 6.32. The summed E-state index contributed by atoms with van der Waals surface area (Å²) < 4.78 is 7.63. The average Bonchev–Trinajstić information content (AvgIpc) is 3.07. The summed E-state index contributed by atoms with van der Waals surface area (Å²) in [7, 11) is 0. The minimum absolute atomic E-state index is 0.0518. The molecule has 1 aromatic heterocycles. The van der Waals surface area contributed by atoms with Gasteiger partial charge in [-0.1, -0.05) is 23.4 Å². The van der Waals surface area contributed by atoms with Gasteiger partial charge in [0.05, 0.1) is 35.8 Å². The molecule has 2 heterocycles. The van der Waals surface area contributed by atoms with Crippen LogP contribution in [0.3, 0.4) is 0 Å². The second-order valence-electron chi connectivity index (χ2n) is 4.99. The average molecular weight is 258 g/mol. The van der Waals surface area contributed by atoms with Gasteiger partial charge in [-0.25, -0.2) is 4.68 Å². The predicted octanol–water partition coefficient (Wildman–Crippen LogP) is 1.83. The van der Waals surface area contributed by atoms with Crippen molar-refractivity contribution in [1.29, 1.82) is 0 Å². The molecular weight excluding hydrogens is 240 g/mol. The first-order valence-electron chi connectivity index (χ1n) is 6.63. The Bertz CT molecular complexity index is 539. The largest absolute Gasteiger partial charge is 0.373 e. The molecule has 2 N–H and O–H groups in total. The zero-order valence-corrected chi connectivity index (χ0v) is 10.9. The number of benzene rings is 1. The van der Waals surface area contributed by atoms with Crippen molar-refractivity contribution in [3.8, 4) is 5.69 Å². The Morgan fingerprint density at radius 2 is 2.11 bits per heavy atom. The van der Waals surface area contributed by atoms with E-state index in [2.05, 4.69) is 17.2 Å². The van der Waals surface area contributed by atoms with E-state index in [-0.39, 0.29) is 18.2 Å². The Balaban J connectivity index is 1.88. The number of hydrogen-bond donors (Lipinski definition) is 1. The lowest BCUT2D eigenvalue weighted by Crippen LogP contribution is -2.28. The van der Waals surface area contributed by atoms with E-state index in [1.54, 1.807) is 10.9 Å². The van der Waals surface area contributed by atoms with E-state index in [1.165, 1.54) is 0 Å². The molecule has 0 radical (unpaired) electrons. The van der Waals surface area contributed by atoms with Crippen molar-refractivity contribution in [2.45, 2.75) is 38.0 Å². The second kappa shape index (κ2) is 5.11. The summed E-state index contributed by atoms with van der Waals surface area (Å²) in [5.74, 6) is 0. The molecule has 0 spiro atoms. The molecule has 0 amide bonds. The highest BCUT2D eigenvalue weighted by molar-refractivity contribution is 5.32. The third-order valence-corrected chi connectivity index (χ3v) is 3.58. The molecule has 1 saturated heterocycles. The first-order chi connectivity index (χ1) is 9.25. The second-order valence-corrected chi connectivity index (χ2v) is 4.99. The van der Waals surface area contributed by atoms with Gasteiger partial charge in [0.2, 0.25) is 0 Å². The molecule has 0 saturated carbocycles. The zero-order chi connectivity index (χ0) is 13.2. The van der Waals surface area contributed by atoms with Crippen molar-refractivity contribution in [3.63, 3.8) is 0 Å². The zero-order valence-electron chi connectivity index (χ0n) is 10.9. The highest BCUT2D eigenvalue weighted by atomic mass is 16.5. The van der Waals surface area contributed by atoms with Crippen LogP contribution in [0.4, 0.5) is 0 Å². The quantitative estimate of drug-likeness (QED) is 0.912. The molecule has 3 rings (SSSR count).